The molecule has 0 aliphatic carbocycles. The van der Waals surface area contributed by atoms with Crippen molar-refractivity contribution in [1.82, 2.24) is 5.32 Å². The lowest BCUT2D eigenvalue weighted by Gasteiger charge is -2.15. The molecule has 3 aromatic rings. The van der Waals surface area contributed by atoms with E-state index in [0.717, 1.165) is 29.1 Å². The highest BCUT2D eigenvalue weighted by atomic mass is 35.5. The minimum atomic E-state index is 0.470. The molecule has 0 saturated heterocycles. The minimum absolute atomic E-state index is 0.470. The van der Waals surface area contributed by atoms with Crippen LogP contribution in [-0.4, -0.2) is 13.7 Å². The summed E-state index contributed by atoms with van der Waals surface area (Å²) in [6, 6.07) is 19.8. The lowest BCUT2D eigenvalue weighted by atomic mass is 10.1. The zero-order valence-electron chi connectivity index (χ0n) is 16.7. The first-order valence-electron chi connectivity index (χ1n) is 9.55. The molecule has 0 unspecified atom stereocenters. The molecule has 5 heteroatoms. The van der Waals surface area contributed by atoms with Gasteiger partial charge in [-0.3, -0.25) is 0 Å². The molecule has 0 amide bonds. The Hall–Kier alpha value is -2.20. The number of halogens is 2. The molecule has 29 heavy (non-hydrogen) atoms. The van der Waals surface area contributed by atoms with Crippen LogP contribution < -0.4 is 14.8 Å². The summed E-state index contributed by atoms with van der Waals surface area (Å²) in [6.07, 6.45) is 0.920. The second-order valence-corrected chi connectivity index (χ2v) is 7.71. The van der Waals surface area contributed by atoms with E-state index in [1.54, 1.807) is 7.11 Å². The van der Waals surface area contributed by atoms with Crippen LogP contribution in [0.4, 0.5) is 0 Å². The largest absolute Gasteiger partial charge is 0.493 e. The van der Waals surface area contributed by atoms with E-state index in [9.17, 15) is 0 Å². The summed E-state index contributed by atoms with van der Waals surface area (Å²) in [5.41, 5.74) is 4.55. The van der Waals surface area contributed by atoms with E-state index in [2.05, 4.69) is 24.4 Å². The molecule has 0 aliphatic heterocycles. The van der Waals surface area contributed by atoms with Crippen LogP contribution in [0.1, 0.15) is 22.3 Å². The van der Waals surface area contributed by atoms with Crippen molar-refractivity contribution in [3.8, 4) is 11.5 Å². The van der Waals surface area contributed by atoms with Gasteiger partial charge in [0.2, 0.25) is 0 Å². The van der Waals surface area contributed by atoms with E-state index in [-0.39, 0.29) is 0 Å². The van der Waals surface area contributed by atoms with Crippen LogP contribution in [0.3, 0.4) is 0 Å². The van der Waals surface area contributed by atoms with Crippen LogP contribution in [0, 0.1) is 6.92 Å². The highest BCUT2D eigenvalue weighted by Crippen LogP contribution is 2.34. The normalized spacial score (nSPS) is 10.8. The molecule has 3 aromatic carbocycles. The van der Waals surface area contributed by atoms with Gasteiger partial charge >= 0.3 is 0 Å². The lowest BCUT2D eigenvalue weighted by Crippen LogP contribution is -2.17. The Morgan fingerprint density at radius 2 is 1.66 bits per heavy atom. The first-order valence-corrected chi connectivity index (χ1v) is 10.3. The van der Waals surface area contributed by atoms with Gasteiger partial charge in [0.15, 0.2) is 11.5 Å². The fraction of sp³-hybridized carbons (Fsp3) is 0.250. The van der Waals surface area contributed by atoms with Crippen molar-refractivity contribution in [3.05, 3.63) is 93.0 Å². The molecule has 0 bridgehead atoms. The summed E-state index contributed by atoms with van der Waals surface area (Å²) in [5.74, 6) is 1.32. The van der Waals surface area contributed by atoms with Crippen LogP contribution in [0.2, 0.25) is 10.0 Å². The Bertz CT molecular complexity index is 942. The van der Waals surface area contributed by atoms with Crippen LogP contribution in [0.15, 0.2) is 60.7 Å². The molecule has 0 atom stereocenters. The fourth-order valence-corrected chi connectivity index (χ4v) is 3.37. The summed E-state index contributed by atoms with van der Waals surface area (Å²) < 4.78 is 11.5. The predicted octanol–water partition coefficient (Wildman–Crippen LogP) is 6.22. The van der Waals surface area contributed by atoms with E-state index >= 15 is 0 Å². The number of benzene rings is 3. The lowest BCUT2D eigenvalue weighted by molar-refractivity contribution is 0.283. The average molecular weight is 430 g/mol. The standard InChI is InChI=1S/C24H25Cl2NO2/c1-17-5-3-4-6-19(17)16-29-24-14-22(26)20(13-23(24)28-2)15-27-12-11-18-7-9-21(25)10-8-18/h3-10,13-14,27H,11-12,15-16H2,1-2H3. The second-order valence-electron chi connectivity index (χ2n) is 6.86. The van der Waals surface area contributed by atoms with Crippen molar-refractivity contribution >= 4 is 23.2 Å². The predicted molar refractivity (Wildman–Crippen MR) is 120 cm³/mol. The zero-order chi connectivity index (χ0) is 20.6. The van der Waals surface area contributed by atoms with Crippen LogP contribution >= 0.6 is 23.2 Å². The van der Waals surface area contributed by atoms with Gasteiger partial charge in [0.25, 0.3) is 0 Å². The van der Waals surface area contributed by atoms with Gasteiger partial charge in [0.05, 0.1) is 7.11 Å². The van der Waals surface area contributed by atoms with E-state index in [1.807, 2.05) is 48.5 Å². The smallest absolute Gasteiger partial charge is 0.163 e. The average Bonchev–Trinajstić information content (AvgIpc) is 2.73. The quantitative estimate of drug-likeness (QED) is 0.409. The first-order chi connectivity index (χ1) is 14.1. The summed E-state index contributed by atoms with van der Waals surface area (Å²) in [6.45, 7) is 4.03. The molecular formula is C24H25Cl2NO2. The van der Waals surface area contributed by atoms with Crippen molar-refractivity contribution in [2.75, 3.05) is 13.7 Å². The highest BCUT2D eigenvalue weighted by molar-refractivity contribution is 6.31. The van der Waals surface area contributed by atoms with Gasteiger partial charge in [-0.05, 0) is 60.3 Å². The van der Waals surface area contributed by atoms with E-state index in [0.29, 0.717) is 29.7 Å². The minimum Gasteiger partial charge on any atom is -0.493 e. The third-order valence-corrected chi connectivity index (χ3v) is 5.40. The molecule has 3 rings (SSSR count). The maximum absolute atomic E-state index is 6.49. The number of rotatable bonds is 9. The maximum atomic E-state index is 6.49. The van der Waals surface area contributed by atoms with Crippen molar-refractivity contribution in [2.24, 2.45) is 0 Å². The summed E-state index contributed by atoms with van der Waals surface area (Å²) in [5, 5.41) is 4.84. The Morgan fingerprint density at radius 3 is 2.38 bits per heavy atom. The molecular weight excluding hydrogens is 405 g/mol. The Labute approximate surface area is 182 Å². The van der Waals surface area contributed by atoms with E-state index in [1.165, 1.54) is 11.1 Å². The van der Waals surface area contributed by atoms with Crippen LogP contribution in [-0.2, 0) is 19.6 Å². The van der Waals surface area contributed by atoms with Crippen molar-refractivity contribution < 1.29 is 9.47 Å². The van der Waals surface area contributed by atoms with Gasteiger partial charge in [-0.25, -0.2) is 0 Å². The molecule has 3 nitrogen and oxygen atoms in total. The summed E-state index contributed by atoms with van der Waals surface area (Å²) >= 11 is 12.4. The van der Waals surface area contributed by atoms with Gasteiger partial charge in [0.1, 0.15) is 6.61 Å². The molecule has 1 N–H and O–H groups in total. The summed E-state index contributed by atoms with van der Waals surface area (Å²) in [4.78, 5) is 0. The van der Waals surface area contributed by atoms with E-state index < -0.39 is 0 Å². The van der Waals surface area contributed by atoms with Crippen LogP contribution in [0.25, 0.3) is 0 Å². The number of methoxy groups -OCH3 is 1. The van der Waals surface area contributed by atoms with Gasteiger partial charge in [-0.2, -0.15) is 0 Å². The Kier molecular flexibility index (Phi) is 7.82. The molecule has 0 fully saturated rings. The maximum Gasteiger partial charge on any atom is 0.163 e. The fourth-order valence-electron chi connectivity index (χ4n) is 3.02. The highest BCUT2D eigenvalue weighted by Gasteiger charge is 2.11. The third kappa shape index (κ3) is 6.14. The molecule has 152 valence electrons. The SMILES string of the molecule is COc1cc(CNCCc2ccc(Cl)cc2)c(Cl)cc1OCc1ccccc1C. The monoisotopic (exact) mass is 429 g/mol. The topological polar surface area (TPSA) is 30.5 Å². The number of ether oxygens (including phenoxy) is 2. The molecule has 0 heterocycles. The number of hydrogen-bond donors (Lipinski definition) is 1. The second kappa shape index (κ2) is 10.5. The summed E-state index contributed by atoms with van der Waals surface area (Å²) in [7, 11) is 1.64. The van der Waals surface area contributed by atoms with Gasteiger partial charge < -0.3 is 14.8 Å². The molecule has 0 saturated carbocycles. The van der Waals surface area contributed by atoms with Crippen LogP contribution in [0.5, 0.6) is 11.5 Å². The molecule has 0 aliphatic rings. The number of aryl methyl sites for hydroxylation is 1. The van der Waals surface area contributed by atoms with Gasteiger partial charge in [0, 0.05) is 22.7 Å². The first kappa shape index (κ1) is 21.5. The van der Waals surface area contributed by atoms with E-state index in [4.69, 9.17) is 32.7 Å². The Morgan fingerprint density at radius 1 is 0.897 bits per heavy atom. The van der Waals surface area contributed by atoms with Gasteiger partial charge in [-0.15, -0.1) is 0 Å². The van der Waals surface area contributed by atoms with Crippen molar-refractivity contribution in [3.63, 3.8) is 0 Å². The molecule has 0 aromatic heterocycles. The molecule has 0 spiro atoms. The van der Waals surface area contributed by atoms with Crippen molar-refractivity contribution in [1.29, 1.82) is 0 Å². The Balaban J connectivity index is 1.58. The number of nitrogens with one attached hydrogen (secondary N) is 1. The molecule has 0 radical (unpaired) electrons. The van der Waals surface area contributed by atoms with Gasteiger partial charge in [-0.1, -0.05) is 59.6 Å². The number of hydrogen-bond acceptors (Lipinski definition) is 3. The zero-order valence-corrected chi connectivity index (χ0v) is 18.2. The van der Waals surface area contributed by atoms with Crippen molar-refractivity contribution in [2.45, 2.75) is 26.5 Å². The third-order valence-electron chi connectivity index (χ3n) is 4.80.